The topological polar surface area (TPSA) is 26.3 Å². The Morgan fingerprint density at radius 2 is 1.83 bits per heavy atom. The van der Waals surface area contributed by atoms with E-state index in [2.05, 4.69) is 0 Å². The van der Waals surface area contributed by atoms with E-state index in [4.69, 9.17) is 4.74 Å². The van der Waals surface area contributed by atoms with E-state index < -0.39 is 0 Å². The Bertz CT molecular complexity index is 353. The van der Waals surface area contributed by atoms with Crippen LogP contribution in [0.4, 0.5) is 0 Å². The van der Waals surface area contributed by atoms with Crippen molar-refractivity contribution in [3.05, 3.63) is 35.9 Å². The van der Waals surface area contributed by atoms with Crippen molar-refractivity contribution in [1.82, 2.24) is 0 Å². The van der Waals surface area contributed by atoms with Crippen molar-refractivity contribution in [3.63, 3.8) is 0 Å². The minimum Gasteiger partial charge on any atom is -0.381 e. The molecule has 98 valence electrons. The first-order valence-electron chi connectivity index (χ1n) is 7.02. The molecule has 0 N–H and O–H groups in total. The second-order valence-electron chi connectivity index (χ2n) is 5.12. The summed E-state index contributed by atoms with van der Waals surface area (Å²) < 4.78 is 5.64. The fraction of sp³-hybridized carbons (Fsp3) is 0.562. The van der Waals surface area contributed by atoms with Crippen molar-refractivity contribution >= 4 is 5.78 Å². The quantitative estimate of drug-likeness (QED) is 0.563. The number of ketones is 1. The maximum Gasteiger partial charge on any atom is 0.165 e. The average molecular weight is 246 g/mol. The maximum atomic E-state index is 11.8. The van der Waals surface area contributed by atoms with Crippen LogP contribution in [0.3, 0.4) is 0 Å². The minimum absolute atomic E-state index is 0.180. The first-order chi connectivity index (χ1) is 8.86. The van der Waals surface area contributed by atoms with Crippen molar-refractivity contribution in [1.29, 1.82) is 0 Å². The van der Waals surface area contributed by atoms with E-state index >= 15 is 0 Å². The van der Waals surface area contributed by atoms with Gasteiger partial charge in [-0.25, -0.2) is 0 Å². The van der Waals surface area contributed by atoms with E-state index in [0.717, 1.165) is 18.1 Å². The van der Waals surface area contributed by atoms with Gasteiger partial charge < -0.3 is 4.74 Å². The summed E-state index contributed by atoms with van der Waals surface area (Å²) in [7, 11) is 0. The van der Waals surface area contributed by atoms with Gasteiger partial charge in [-0.3, -0.25) is 4.79 Å². The molecule has 2 nitrogen and oxygen atoms in total. The van der Waals surface area contributed by atoms with Crippen LogP contribution in [0.1, 0.15) is 48.9 Å². The van der Waals surface area contributed by atoms with Crippen molar-refractivity contribution in [2.75, 3.05) is 13.2 Å². The molecule has 0 heterocycles. The Hall–Kier alpha value is -1.15. The Kier molecular flexibility index (Phi) is 5.40. The van der Waals surface area contributed by atoms with Crippen LogP contribution < -0.4 is 0 Å². The third-order valence-corrected chi connectivity index (χ3v) is 3.65. The summed E-state index contributed by atoms with van der Waals surface area (Å²) in [4.78, 5) is 11.8. The summed E-state index contributed by atoms with van der Waals surface area (Å²) in [6, 6.07) is 9.45. The highest BCUT2D eigenvalue weighted by molar-refractivity contribution is 5.96. The number of rotatable bonds is 6. The fourth-order valence-electron chi connectivity index (χ4n) is 2.54. The lowest BCUT2D eigenvalue weighted by Gasteiger charge is -2.21. The zero-order valence-electron chi connectivity index (χ0n) is 10.9. The Balaban J connectivity index is 1.62. The van der Waals surface area contributed by atoms with E-state index in [0.29, 0.717) is 13.0 Å². The second kappa shape index (κ2) is 7.32. The molecule has 0 bridgehead atoms. The van der Waals surface area contributed by atoms with E-state index in [9.17, 15) is 4.79 Å². The Morgan fingerprint density at radius 3 is 2.56 bits per heavy atom. The van der Waals surface area contributed by atoms with Crippen molar-refractivity contribution < 1.29 is 9.53 Å². The van der Waals surface area contributed by atoms with Crippen LogP contribution in [0.15, 0.2) is 30.3 Å². The van der Waals surface area contributed by atoms with Crippen LogP contribution in [-0.4, -0.2) is 19.0 Å². The summed E-state index contributed by atoms with van der Waals surface area (Å²) in [6.45, 7) is 1.40. The lowest BCUT2D eigenvalue weighted by Crippen LogP contribution is -2.15. The van der Waals surface area contributed by atoms with Gasteiger partial charge in [-0.2, -0.15) is 0 Å². The standard InChI is InChI=1S/C16H22O2/c17-16(15-9-5-2-6-10-15)11-12-18-13-14-7-3-1-4-8-14/h2,5-6,9-10,14H,1,3-4,7-8,11-13H2. The van der Waals surface area contributed by atoms with Crippen LogP contribution >= 0.6 is 0 Å². The van der Waals surface area contributed by atoms with E-state index in [1.54, 1.807) is 0 Å². The molecule has 0 saturated heterocycles. The van der Waals surface area contributed by atoms with Gasteiger partial charge in [0.2, 0.25) is 0 Å². The highest BCUT2D eigenvalue weighted by Gasteiger charge is 2.13. The molecule has 1 aromatic carbocycles. The number of Topliss-reactive ketones (excluding diaryl/α,β-unsaturated/α-hetero) is 1. The average Bonchev–Trinajstić information content (AvgIpc) is 2.45. The summed E-state index contributed by atoms with van der Waals surface area (Å²) in [6.07, 6.45) is 7.16. The van der Waals surface area contributed by atoms with E-state index in [-0.39, 0.29) is 5.78 Å². The molecule has 0 unspecified atom stereocenters. The van der Waals surface area contributed by atoms with Gasteiger partial charge >= 0.3 is 0 Å². The molecule has 1 aliphatic carbocycles. The molecule has 0 amide bonds. The summed E-state index contributed by atoms with van der Waals surface area (Å²) in [5.41, 5.74) is 0.791. The highest BCUT2D eigenvalue weighted by atomic mass is 16.5. The molecule has 1 fully saturated rings. The van der Waals surface area contributed by atoms with Gasteiger partial charge in [-0.1, -0.05) is 49.6 Å². The smallest absolute Gasteiger partial charge is 0.165 e. The molecule has 18 heavy (non-hydrogen) atoms. The van der Waals surface area contributed by atoms with Crippen LogP contribution in [-0.2, 0) is 4.74 Å². The summed E-state index contributed by atoms with van der Waals surface area (Å²) in [5.74, 6) is 0.907. The van der Waals surface area contributed by atoms with Gasteiger partial charge in [0, 0.05) is 18.6 Å². The number of carbonyl (C=O) groups excluding carboxylic acids is 1. The third-order valence-electron chi connectivity index (χ3n) is 3.65. The SMILES string of the molecule is O=C(CCOCC1CCCCC1)c1ccccc1. The number of hydrogen-bond acceptors (Lipinski definition) is 2. The molecule has 1 saturated carbocycles. The summed E-state index contributed by atoms with van der Waals surface area (Å²) >= 11 is 0. The lowest BCUT2D eigenvalue weighted by molar-refractivity contribution is 0.0725. The third kappa shape index (κ3) is 4.26. The zero-order chi connectivity index (χ0) is 12.6. The van der Waals surface area contributed by atoms with Crippen molar-refractivity contribution in [3.8, 4) is 0 Å². The van der Waals surface area contributed by atoms with E-state index in [1.165, 1.54) is 32.1 Å². The number of ether oxygens (including phenoxy) is 1. The fourth-order valence-corrected chi connectivity index (χ4v) is 2.54. The maximum absolute atomic E-state index is 11.8. The molecule has 0 aromatic heterocycles. The molecule has 2 rings (SSSR count). The highest BCUT2D eigenvalue weighted by Crippen LogP contribution is 2.23. The lowest BCUT2D eigenvalue weighted by atomic mass is 9.90. The predicted octanol–water partition coefficient (Wildman–Crippen LogP) is 3.86. The van der Waals surface area contributed by atoms with Gasteiger partial charge in [0.15, 0.2) is 5.78 Å². The van der Waals surface area contributed by atoms with Crippen LogP contribution in [0.5, 0.6) is 0 Å². The summed E-state index contributed by atoms with van der Waals surface area (Å²) in [5, 5.41) is 0. The zero-order valence-corrected chi connectivity index (χ0v) is 10.9. The van der Waals surface area contributed by atoms with Gasteiger partial charge in [0.05, 0.1) is 6.61 Å². The molecular weight excluding hydrogens is 224 g/mol. The van der Waals surface area contributed by atoms with Gasteiger partial charge in [0.25, 0.3) is 0 Å². The minimum atomic E-state index is 0.180. The molecule has 0 radical (unpaired) electrons. The van der Waals surface area contributed by atoms with Gasteiger partial charge in [-0.05, 0) is 18.8 Å². The van der Waals surface area contributed by atoms with Crippen LogP contribution in [0, 0.1) is 5.92 Å². The van der Waals surface area contributed by atoms with Crippen LogP contribution in [0.25, 0.3) is 0 Å². The van der Waals surface area contributed by atoms with Gasteiger partial charge in [0.1, 0.15) is 0 Å². The molecule has 1 aromatic rings. The first kappa shape index (κ1) is 13.3. The molecule has 0 aliphatic heterocycles. The van der Waals surface area contributed by atoms with Gasteiger partial charge in [-0.15, -0.1) is 0 Å². The van der Waals surface area contributed by atoms with E-state index in [1.807, 2.05) is 30.3 Å². The van der Waals surface area contributed by atoms with Crippen molar-refractivity contribution in [2.24, 2.45) is 5.92 Å². The number of carbonyl (C=O) groups is 1. The van der Waals surface area contributed by atoms with Crippen molar-refractivity contribution in [2.45, 2.75) is 38.5 Å². The molecule has 0 atom stereocenters. The Labute approximate surface area is 109 Å². The second-order valence-corrected chi connectivity index (χ2v) is 5.12. The normalized spacial score (nSPS) is 16.7. The molecule has 0 spiro atoms. The molecule has 1 aliphatic rings. The number of benzene rings is 1. The van der Waals surface area contributed by atoms with Crippen LogP contribution in [0.2, 0.25) is 0 Å². The Morgan fingerprint density at radius 1 is 1.11 bits per heavy atom. The number of hydrogen-bond donors (Lipinski definition) is 0. The first-order valence-corrected chi connectivity index (χ1v) is 7.02. The molecule has 2 heteroatoms. The monoisotopic (exact) mass is 246 g/mol. The predicted molar refractivity (Wildman–Crippen MR) is 72.8 cm³/mol. The molecular formula is C16H22O2. The largest absolute Gasteiger partial charge is 0.381 e.